The molecule has 4 rings (SSSR count). The van der Waals surface area contributed by atoms with Crippen LogP contribution in [0.4, 0.5) is 0 Å². The number of rotatable bonds is 3. The van der Waals surface area contributed by atoms with E-state index in [1.165, 1.54) is 22.7 Å². The summed E-state index contributed by atoms with van der Waals surface area (Å²) < 4.78 is 2.05. The number of benzene rings is 1. The van der Waals surface area contributed by atoms with E-state index in [1.54, 1.807) is 0 Å². The van der Waals surface area contributed by atoms with Crippen LogP contribution in [0, 0.1) is 6.92 Å². The molecule has 0 bridgehead atoms. The van der Waals surface area contributed by atoms with Gasteiger partial charge in [0.15, 0.2) is 10.8 Å². The number of likely N-dealkylation sites (tertiary alicyclic amines) is 1. The van der Waals surface area contributed by atoms with E-state index in [0.717, 1.165) is 42.3 Å². The Labute approximate surface area is 138 Å². The highest BCUT2D eigenvalue weighted by Gasteiger charge is 2.19. The normalized spacial score (nSPS) is 14.9. The molecule has 1 aromatic carbocycles. The highest BCUT2D eigenvalue weighted by molar-refractivity contribution is 7.99. The number of hydrogen-bond donors (Lipinski definition) is 0. The van der Waals surface area contributed by atoms with Crippen LogP contribution in [0.1, 0.15) is 18.4 Å². The molecular weight excluding hydrogens is 308 g/mol. The first-order valence-corrected chi connectivity index (χ1v) is 8.86. The van der Waals surface area contributed by atoms with E-state index >= 15 is 0 Å². The van der Waals surface area contributed by atoms with Crippen molar-refractivity contribution in [2.75, 3.05) is 18.8 Å². The second-order valence-corrected chi connectivity index (χ2v) is 6.84. The number of carbonyl (C=O) groups excluding carboxylic acids is 1. The van der Waals surface area contributed by atoms with Crippen LogP contribution in [0.15, 0.2) is 35.5 Å². The maximum Gasteiger partial charge on any atom is 0.233 e. The van der Waals surface area contributed by atoms with Gasteiger partial charge in [-0.25, -0.2) is 0 Å². The van der Waals surface area contributed by atoms with Crippen LogP contribution in [-0.2, 0) is 4.79 Å². The Kier molecular flexibility index (Phi) is 3.69. The Hall–Kier alpha value is -2.08. The van der Waals surface area contributed by atoms with Gasteiger partial charge in [0.2, 0.25) is 5.91 Å². The summed E-state index contributed by atoms with van der Waals surface area (Å²) in [5.41, 5.74) is 3.10. The number of pyridine rings is 1. The van der Waals surface area contributed by atoms with Gasteiger partial charge in [0, 0.05) is 18.5 Å². The Morgan fingerprint density at radius 3 is 2.83 bits per heavy atom. The topological polar surface area (TPSA) is 50.5 Å². The van der Waals surface area contributed by atoms with Gasteiger partial charge in [0.1, 0.15) is 0 Å². The van der Waals surface area contributed by atoms with E-state index in [0.29, 0.717) is 5.75 Å². The third-order valence-corrected chi connectivity index (χ3v) is 5.27. The molecule has 2 aromatic heterocycles. The van der Waals surface area contributed by atoms with Crippen LogP contribution >= 0.6 is 11.8 Å². The summed E-state index contributed by atoms with van der Waals surface area (Å²) in [6.07, 6.45) is 2.24. The predicted octanol–water partition coefficient (Wildman–Crippen LogP) is 2.91. The van der Waals surface area contributed by atoms with Crippen molar-refractivity contribution in [3.8, 4) is 0 Å². The van der Waals surface area contributed by atoms with E-state index in [4.69, 9.17) is 0 Å². The van der Waals surface area contributed by atoms with E-state index < -0.39 is 0 Å². The smallest absolute Gasteiger partial charge is 0.233 e. The van der Waals surface area contributed by atoms with Crippen molar-refractivity contribution in [3.63, 3.8) is 0 Å². The highest BCUT2D eigenvalue weighted by atomic mass is 32.2. The zero-order valence-corrected chi connectivity index (χ0v) is 13.8. The molecule has 1 aliphatic heterocycles. The standard InChI is InChI=1S/C17H18N4OS/c1-12-10-15-18-19-17(21(15)14-7-3-2-6-13(12)14)23-11-16(22)20-8-4-5-9-20/h2-3,6-7,10H,4-5,8-9,11H2,1H3. The minimum atomic E-state index is 0.195. The third-order valence-electron chi connectivity index (χ3n) is 4.36. The van der Waals surface area contributed by atoms with Gasteiger partial charge >= 0.3 is 0 Å². The molecule has 0 saturated carbocycles. The molecule has 0 radical (unpaired) electrons. The molecule has 0 aliphatic carbocycles. The number of para-hydroxylation sites is 1. The van der Waals surface area contributed by atoms with Crippen molar-refractivity contribution < 1.29 is 4.79 Å². The zero-order valence-electron chi connectivity index (χ0n) is 13.0. The van der Waals surface area contributed by atoms with Crippen molar-refractivity contribution in [2.24, 2.45) is 0 Å². The predicted molar refractivity (Wildman–Crippen MR) is 91.8 cm³/mol. The average Bonchev–Trinajstić information content (AvgIpc) is 3.23. The molecule has 1 amide bonds. The first kappa shape index (κ1) is 14.5. The van der Waals surface area contributed by atoms with E-state index in [1.807, 2.05) is 27.5 Å². The number of aromatic nitrogens is 3. The van der Waals surface area contributed by atoms with Gasteiger partial charge in [-0.15, -0.1) is 10.2 Å². The van der Waals surface area contributed by atoms with Gasteiger partial charge in [-0.2, -0.15) is 0 Å². The summed E-state index contributed by atoms with van der Waals surface area (Å²) in [5, 5.41) is 10.5. The van der Waals surface area contributed by atoms with E-state index in [2.05, 4.69) is 29.3 Å². The van der Waals surface area contributed by atoms with Gasteiger partial charge in [-0.1, -0.05) is 30.0 Å². The lowest BCUT2D eigenvalue weighted by Gasteiger charge is -2.14. The molecule has 0 N–H and O–H groups in total. The number of carbonyl (C=O) groups is 1. The molecule has 0 atom stereocenters. The van der Waals surface area contributed by atoms with Crippen molar-refractivity contribution in [3.05, 3.63) is 35.9 Å². The average molecular weight is 326 g/mol. The number of amides is 1. The molecule has 6 heteroatoms. The van der Waals surface area contributed by atoms with E-state index in [9.17, 15) is 4.79 Å². The third kappa shape index (κ3) is 2.57. The number of nitrogens with zero attached hydrogens (tertiary/aromatic N) is 4. The Balaban J connectivity index is 1.67. The van der Waals surface area contributed by atoms with Crippen molar-refractivity contribution in [2.45, 2.75) is 24.9 Å². The Morgan fingerprint density at radius 2 is 2.00 bits per heavy atom. The molecule has 1 fully saturated rings. The van der Waals surface area contributed by atoms with Gasteiger partial charge in [-0.05, 0) is 37.5 Å². The second kappa shape index (κ2) is 5.85. The zero-order chi connectivity index (χ0) is 15.8. The molecule has 118 valence electrons. The SMILES string of the molecule is Cc1cc2nnc(SCC(=O)N3CCCC3)n2c2ccccc12. The van der Waals surface area contributed by atoms with Gasteiger partial charge < -0.3 is 4.90 Å². The van der Waals surface area contributed by atoms with E-state index in [-0.39, 0.29) is 5.91 Å². The summed E-state index contributed by atoms with van der Waals surface area (Å²) in [6.45, 7) is 3.87. The number of thioether (sulfide) groups is 1. The highest BCUT2D eigenvalue weighted by Crippen LogP contribution is 2.26. The molecule has 5 nitrogen and oxygen atoms in total. The summed E-state index contributed by atoms with van der Waals surface area (Å²) in [7, 11) is 0. The van der Waals surface area contributed by atoms with Crippen LogP contribution < -0.4 is 0 Å². The Morgan fingerprint density at radius 1 is 1.22 bits per heavy atom. The molecule has 0 spiro atoms. The first-order chi connectivity index (χ1) is 11.2. The molecule has 1 aliphatic rings. The maximum absolute atomic E-state index is 12.2. The quantitative estimate of drug-likeness (QED) is 0.695. The van der Waals surface area contributed by atoms with Gasteiger partial charge in [-0.3, -0.25) is 9.20 Å². The molecule has 0 unspecified atom stereocenters. The van der Waals surface area contributed by atoms with Gasteiger partial charge in [0.25, 0.3) is 0 Å². The van der Waals surface area contributed by atoms with Crippen LogP contribution in [0.5, 0.6) is 0 Å². The summed E-state index contributed by atoms with van der Waals surface area (Å²) >= 11 is 1.47. The molecule has 3 heterocycles. The molecule has 3 aromatic rings. The largest absolute Gasteiger partial charge is 0.342 e. The van der Waals surface area contributed by atoms with Crippen molar-refractivity contribution in [1.82, 2.24) is 19.5 Å². The monoisotopic (exact) mass is 326 g/mol. The lowest BCUT2D eigenvalue weighted by Crippen LogP contribution is -2.29. The maximum atomic E-state index is 12.2. The van der Waals surface area contributed by atoms with Crippen LogP contribution in [0.2, 0.25) is 0 Å². The van der Waals surface area contributed by atoms with Crippen LogP contribution in [0.3, 0.4) is 0 Å². The fourth-order valence-electron chi connectivity index (χ4n) is 3.15. The van der Waals surface area contributed by atoms with Crippen LogP contribution in [-0.4, -0.2) is 44.2 Å². The number of aryl methyl sites for hydroxylation is 1. The molecule has 1 saturated heterocycles. The van der Waals surface area contributed by atoms with Crippen molar-refractivity contribution in [1.29, 1.82) is 0 Å². The minimum Gasteiger partial charge on any atom is -0.342 e. The molecular formula is C17H18N4OS. The number of hydrogen-bond acceptors (Lipinski definition) is 4. The summed E-state index contributed by atoms with van der Waals surface area (Å²) in [5.74, 6) is 0.615. The summed E-state index contributed by atoms with van der Waals surface area (Å²) in [6, 6.07) is 10.3. The fourth-order valence-corrected chi connectivity index (χ4v) is 4.01. The van der Waals surface area contributed by atoms with Gasteiger partial charge in [0.05, 0.1) is 11.3 Å². The van der Waals surface area contributed by atoms with Crippen molar-refractivity contribution >= 4 is 34.2 Å². The molecule has 23 heavy (non-hydrogen) atoms. The minimum absolute atomic E-state index is 0.195. The lowest BCUT2D eigenvalue weighted by molar-refractivity contribution is -0.127. The Bertz CT molecular complexity index is 883. The number of fused-ring (bicyclic) bond motifs is 3. The fraction of sp³-hybridized carbons (Fsp3) is 0.353. The first-order valence-electron chi connectivity index (χ1n) is 7.88. The van der Waals surface area contributed by atoms with Crippen LogP contribution in [0.25, 0.3) is 16.6 Å². The lowest BCUT2D eigenvalue weighted by atomic mass is 10.1. The summed E-state index contributed by atoms with van der Waals surface area (Å²) in [4.78, 5) is 14.2. The second-order valence-electron chi connectivity index (χ2n) is 5.90.